The van der Waals surface area contributed by atoms with Gasteiger partial charge in [0.2, 0.25) is 0 Å². The molecule has 2 unspecified atom stereocenters. The highest BCUT2D eigenvalue weighted by molar-refractivity contribution is 7.93. The van der Waals surface area contributed by atoms with Gasteiger partial charge in [0, 0.05) is 12.5 Å². The molecule has 1 aliphatic rings. The van der Waals surface area contributed by atoms with Gasteiger partial charge in [-0.3, -0.25) is 4.79 Å². The van der Waals surface area contributed by atoms with Crippen molar-refractivity contribution in [2.24, 2.45) is 0 Å². The van der Waals surface area contributed by atoms with Crippen molar-refractivity contribution in [1.29, 1.82) is 0 Å². The normalized spacial score (nSPS) is 18.7. The monoisotopic (exact) mass is 463 g/mol. The minimum absolute atomic E-state index is 0.00479. The Morgan fingerprint density at radius 2 is 2.03 bits per heavy atom. The smallest absolute Gasteiger partial charge is 0.327 e. The maximum Gasteiger partial charge on any atom is 0.327 e. The molecule has 32 heavy (non-hydrogen) atoms. The summed E-state index contributed by atoms with van der Waals surface area (Å²) < 4.78 is 41.8. The fourth-order valence-electron chi connectivity index (χ4n) is 4.09. The summed E-state index contributed by atoms with van der Waals surface area (Å²) in [6.07, 6.45) is 5.67. The average Bonchev–Trinajstić information content (AvgIpc) is 3.22. The Hall–Kier alpha value is -2.32. The van der Waals surface area contributed by atoms with E-state index in [1.54, 1.807) is 19.9 Å². The molecule has 2 atom stereocenters. The Kier molecular flexibility index (Phi) is 8.00. The molecule has 0 spiro atoms. The first-order valence-electron chi connectivity index (χ1n) is 11.2. The molecule has 1 aromatic carbocycles. The van der Waals surface area contributed by atoms with Crippen LogP contribution in [0.4, 0.5) is 0 Å². The zero-order chi connectivity index (χ0) is 23.2. The highest BCUT2D eigenvalue weighted by Crippen LogP contribution is 2.35. The van der Waals surface area contributed by atoms with Crippen LogP contribution in [0.2, 0.25) is 0 Å². The minimum Gasteiger partial charge on any atom is -0.493 e. The van der Waals surface area contributed by atoms with Gasteiger partial charge in [-0.05, 0) is 64.3 Å². The average molecular weight is 464 g/mol. The lowest BCUT2D eigenvalue weighted by Crippen LogP contribution is -2.47. The molecule has 3 rings (SSSR count). The van der Waals surface area contributed by atoms with Crippen molar-refractivity contribution in [2.75, 3.05) is 19.8 Å². The molecule has 1 aliphatic heterocycles. The molecule has 7 nitrogen and oxygen atoms in total. The van der Waals surface area contributed by atoms with Crippen LogP contribution in [-0.2, 0) is 25.8 Å². The summed E-state index contributed by atoms with van der Waals surface area (Å²) >= 11 is 0. The van der Waals surface area contributed by atoms with Crippen LogP contribution in [-0.4, -0.2) is 44.9 Å². The predicted octanol–water partition coefficient (Wildman–Crippen LogP) is 3.84. The molecule has 1 aromatic heterocycles. The largest absolute Gasteiger partial charge is 0.493 e. The fraction of sp³-hybridized carbons (Fsp3) is 0.542. The van der Waals surface area contributed by atoms with Crippen molar-refractivity contribution in [2.45, 2.75) is 68.6 Å². The number of nitrogens with one attached hydrogen (secondary N) is 1. The Morgan fingerprint density at radius 3 is 2.69 bits per heavy atom. The van der Waals surface area contributed by atoms with Gasteiger partial charge < -0.3 is 19.2 Å². The van der Waals surface area contributed by atoms with Crippen LogP contribution in [0, 0.1) is 6.92 Å². The Labute approximate surface area is 190 Å². The summed E-state index contributed by atoms with van der Waals surface area (Å²) in [6.45, 7) is 6.26. The van der Waals surface area contributed by atoms with Gasteiger partial charge in [-0.1, -0.05) is 24.6 Å². The third-order valence-electron chi connectivity index (χ3n) is 6.04. The zero-order valence-corrected chi connectivity index (χ0v) is 19.9. The Bertz CT molecular complexity index is 1010. The van der Waals surface area contributed by atoms with Gasteiger partial charge in [0.25, 0.3) is 0 Å². The van der Waals surface area contributed by atoms with Crippen molar-refractivity contribution in [3.8, 4) is 5.75 Å². The van der Waals surface area contributed by atoms with Crippen molar-refractivity contribution in [3.05, 3.63) is 47.9 Å². The number of aryl methyl sites for hydroxylation is 1. The van der Waals surface area contributed by atoms with Crippen LogP contribution in [0.15, 0.2) is 45.9 Å². The van der Waals surface area contributed by atoms with Gasteiger partial charge in [-0.15, -0.1) is 0 Å². The number of para-hydroxylation sites is 1. The number of carbonyl (C=O) groups is 1. The van der Waals surface area contributed by atoms with E-state index in [4.69, 9.17) is 13.9 Å². The summed E-state index contributed by atoms with van der Waals surface area (Å²) in [7, 11) is -4.10. The van der Waals surface area contributed by atoms with Gasteiger partial charge in [0.15, 0.2) is 14.6 Å². The third-order valence-corrected chi connectivity index (χ3v) is 8.54. The molecule has 1 N–H and O–H groups in total. The maximum atomic E-state index is 13.6. The zero-order valence-electron chi connectivity index (χ0n) is 19.1. The quantitative estimate of drug-likeness (QED) is 0.535. The van der Waals surface area contributed by atoms with Crippen molar-refractivity contribution < 1.29 is 27.1 Å². The lowest BCUT2D eigenvalue weighted by molar-refractivity contribution is -0.145. The molecular weight excluding hydrogens is 430 g/mol. The number of benzene rings is 1. The maximum absolute atomic E-state index is 13.6. The van der Waals surface area contributed by atoms with E-state index >= 15 is 0 Å². The van der Waals surface area contributed by atoms with Crippen LogP contribution < -0.4 is 10.1 Å². The molecule has 8 heteroatoms. The number of ether oxygens (including phenoxy) is 2. The van der Waals surface area contributed by atoms with Crippen molar-refractivity contribution >= 4 is 15.8 Å². The first kappa shape index (κ1) is 24.3. The van der Waals surface area contributed by atoms with E-state index < -0.39 is 20.6 Å². The first-order chi connectivity index (χ1) is 15.3. The predicted molar refractivity (Wildman–Crippen MR) is 122 cm³/mol. The minimum atomic E-state index is -4.10. The lowest BCUT2D eigenvalue weighted by Gasteiger charge is -2.28. The highest BCUT2D eigenvalue weighted by Gasteiger charge is 2.50. The topological polar surface area (TPSA) is 94.8 Å². The molecule has 0 saturated carbocycles. The van der Waals surface area contributed by atoms with E-state index in [0.29, 0.717) is 24.0 Å². The number of hydrogen-bond acceptors (Lipinski definition) is 7. The number of carbonyl (C=O) groups excluding carboxylic acids is 1. The third kappa shape index (κ3) is 5.18. The van der Waals surface area contributed by atoms with E-state index in [-0.39, 0.29) is 23.7 Å². The second-order valence-corrected chi connectivity index (χ2v) is 10.7. The van der Waals surface area contributed by atoms with E-state index in [2.05, 4.69) is 5.32 Å². The van der Waals surface area contributed by atoms with Gasteiger partial charge in [-0.25, -0.2) is 8.42 Å². The molecule has 2 heterocycles. The summed E-state index contributed by atoms with van der Waals surface area (Å²) in [5.41, 5.74) is 0.643. The van der Waals surface area contributed by atoms with Crippen LogP contribution in [0.1, 0.15) is 50.9 Å². The summed E-state index contributed by atoms with van der Waals surface area (Å²) in [6, 6.07) is 9.07. The van der Waals surface area contributed by atoms with Gasteiger partial charge in [0.05, 0.1) is 19.5 Å². The molecular formula is C24H33NO6S. The first-order valence-corrected chi connectivity index (χ1v) is 12.7. The number of furan rings is 1. The van der Waals surface area contributed by atoms with Gasteiger partial charge in [-0.2, -0.15) is 0 Å². The standard InChI is InChI=1S/C24H33NO6S/c1-4-29-23(26)24(3,32(27,28)22-13-16-30-18(22)2)17-19-9-5-6-11-21(19)31-15-12-20-10-7-8-14-25-20/h5-6,9,11,13,16,20,25H,4,7-8,10,12,14-15,17H2,1-3H3. The fourth-order valence-corrected chi connectivity index (χ4v) is 5.86. The molecule has 1 saturated heterocycles. The summed E-state index contributed by atoms with van der Waals surface area (Å²) in [5, 5.41) is 3.50. The second-order valence-electron chi connectivity index (χ2n) is 8.36. The molecule has 0 radical (unpaired) electrons. The van der Waals surface area contributed by atoms with Crippen molar-refractivity contribution in [3.63, 3.8) is 0 Å². The van der Waals surface area contributed by atoms with Gasteiger partial charge in [0.1, 0.15) is 16.4 Å². The number of piperidine rings is 1. The number of hydrogen-bond donors (Lipinski definition) is 1. The van der Waals surface area contributed by atoms with E-state index in [1.807, 2.05) is 18.2 Å². The summed E-state index contributed by atoms with van der Waals surface area (Å²) in [4.78, 5) is 13.0. The molecule has 176 valence electrons. The Balaban J connectivity index is 1.85. The molecule has 0 bridgehead atoms. The SMILES string of the molecule is CCOC(=O)C(C)(Cc1ccccc1OCCC1CCCCN1)S(=O)(=O)c1ccoc1C. The van der Waals surface area contributed by atoms with E-state index in [9.17, 15) is 13.2 Å². The highest BCUT2D eigenvalue weighted by atomic mass is 32.2. The number of sulfone groups is 1. The molecule has 0 amide bonds. The number of rotatable bonds is 10. The Morgan fingerprint density at radius 1 is 1.25 bits per heavy atom. The lowest BCUT2D eigenvalue weighted by atomic mass is 9.99. The summed E-state index contributed by atoms with van der Waals surface area (Å²) in [5.74, 6) is 0.0322. The van der Waals surface area contributed by atoms with Crippen LogP contribution in [0.5, 0.6) is 5.75 Å². The van der Waals surface area contributed by atoms with Crippen molar-refractivity contribution in [1.82, 2.24) is 5.32 Å². The van der Waals surface area contributed by atoms with E-state index in [1.165, 1.54) is 32.1 Å². The van der Waals surface area contributed by atoms with Crippen LogP contribution >= 0.6 is 0 Å². The molecule has 0 aliphatic carbocycles. The van der Waals surface area contributed by atoms with E-state index in [0.717, 1.165) is 19.4 Å². The van der Waals surface area contributed by atoms with Crippen LogP contribution in [0.25, 0.3) is 0 Å². The van der Waals surface area contributed by atoms with Crippen LogP contribution in [0.3, 0.4) is 0 Å². The number of esters is 1. The van der Waals surface area contributed by atoms with Gasteiger partial charge >= 0.3 is 5.97 Å². The molecule has 2 aromatic rings. The molecule has 1 fully saturated rings. The second kappa shape index (κ2) is 10.5.